The zero-order chi connectivity index (χ0) is 13.9. The van der Waals surface area contributed by atoms with E-state index in [1.807, 2.05) is 42.1 Å². The lowest BCUT2D eigenvalue weighted by Crippen LogP contribution is -2.11. The molecule has 1 unspecified atom stereocenters. The van der Waals surface area contributed by atoms with Gasteiger partial charge in [-0.1, -0.05) is 0 Å². The summed E-state index contributed by atoms with van der Waals surface area (Å²) in [6.07, 6.45) is 5.06. The van der Waals surface area contributed by atoms with Crippen molar-refractivity contribution in [1.82, 2.24) is 19.7 Å². The third kappa shape index (κ3) is 2.40. The quantitative estimate of drug-likeness (QED) is 0.788. The Morgan fingerprint density at radius 3 is 2.65 bits per heavy atom. The van der Waals surface area contributed by atoms with Crippen molar-refractivity contribution in [3.63, 3.8) is 0 Å². The number of rotatable bonds is 4. The first kappa shape index (κ1) is 12.4. The van der Waals surface area contributed by atoms with E-state index in [0.717, 1.165) is 17.1 Å². The molecule has 3 aromatic rings. The van der Waals surface area contributed by atoms with Crippen molar-refractivity contribution in [3.05, 3.63) is 48.9 Å². The van der Waals surface area contributed by atoms with E-state index < -0.39 is 0 Å². The summed E-state index contributed by atoms with van der Waals surface area (Å²) in [4.78, 5) is 4.34. The topological polar surface area (TPSA) is 68.8 Å². The van der Waals surface area contributed by atoms with Gasteiger partial charge in [-0.25, -0.2) is 4.98 Å². The normalized spacial score (nSPS) is 12.3. The van der Waals surface area contributed by atoms with Gasteiger partial charge in [-0.2, -0.15) is 0 Å². The predicted molar refractivity (Wildman–Crippen MR) is 75.0 cm³/mol. The van der Waals surface area contributed by atoms with Gasteiger partial charge in [0.2, 0.25) is 12.3 Å². The molecule has 0 amide bonds. The Labute approximate surface area is 116 Å². The number of aryl methyl sites for hydroxylation is 1. The molecule has 0 bridgehead atoms. The van der Waals surface area contributed by atoms with Gasteiger partial charge in [-0.3, -0.25) is 0 Å². The Balaban J connectivity index is 1.74. The number of nitrogens with one attached hydrogen (secondary N) is 1. The van der Waals surface area contributed by atoms with Crippen molar-refractivity contribution in [2.45, 2.75) is 13.0 Å². The van der Waals surface area contributed by atoms with Gasteiger partial charge in [0, 0.05) is 30.7 Å². The van der Waals surface area contributed by atoms with Crippen LogP contribution < -0.4 is 5.32 Å². The average molecular weight is 269 g/mol. The number of benzene rings is 1. The molecule has 2 aromatic heterocycles. The van der Waals surface area contributed by atoms with Crippen LogP contribution in [-0.2, 0) is 7.05 Å². The predicted octanol–water partition coefficient (Wildman–Crippen LogP) is 2.64. The number of anilines is 1. The maximum Gasteiger partial charge on any atom is 0.247 e. The molecule has 0 radical (unpaired) electrons. The lowest BCUT2D eigenvalue weighted by atomic mass is 10.2. The molecule has 1 N–H and O–H groups in total. The Morgan fingerprint density at radius 1 is 1.25 bits per heavy atom. The minimum atomic E-state index is 0.129. The summed E-state index contributed by atoms with van der Waals surface area (Å²) in [6.45, 7) is 2.08. The molecule has 0 fully saturated rings. The highest BCUT2D eigenvalue weighted by molar-refractivity contribution is 5.58. The Bertz CT molecular complexity index is 672. The van der Waals surface area contributed by atoms with Gasteiger partial charge in [0.25, 0.3) is 0 Å². The van der Waals surface area contributed by atoms with Crippen molar-refractivity contribution in [2.75, 3.05) is 5.32 Å². The Morgan fingerprint density at radius 2 is 2.05 bits per heavy atom. The van der Waals surface area contributed by atoms with Crippen LogP contribution in [0.25, 0.3) is 11.5 Å². The van der Waals surface area contributed by atoms with E-state index >= 15 is 0 Å². The Kier molecular flexibility index (Phi) is 3.20. The fourth-order valence-corrected chi connectivity index (χ4v) is 2.12. The SMILES string of the molecule is CC(Nc1ccc(-c2nnco2)cc1)c1nccn1C. The molecule has 0 aliphatic carbocycles. The van der Waals surface area contributed by atoms with Crippen LogP contribution in [0.3, 0.4) is 0 Å². The minimum absolute atomic E-state index is 0.129. The van der Waals surface area contributed by atoms with Crippen molar-refractivity contribution >= 4 is 5.69 Å². The third-order valence-electron chi connectivity index (χ3n) is 3.12. The number of imidazole rings is 1. The van der Waals surface area contributed by atoms with E-state index in [2.05, 4.69) is 27.4 Å². The molecule has 0 saturated heterocycles. The summed E-state index contributed by atoms with van der Waals surface area (Å²) in [5.41, 5.74) is 1.92. The summed E-state index contributed by atoms with van der Waals surface area (Å²) < 4.78 is 7.16. The second-order valence-electron chi connectivity index (χ2n) is 4.58. The molecule has 102 valence electrons. The largest absolute Gasteiger partial charge is 0.423 e. The van der Waals surface area contributed by atoms with E-state index in [1.54, 1.807) is 6.20 Å². The number of hydrogen-bond donors (Lipinski definition) is 1. The van der Waals surface area contributed by atoms with E-state index in [4.69, 9.17) is 4.42 Å². The number of hydrogen-bond acceptors (Lipinski definition) is 5. The minimum Gasteiger partial charge on any atom is -0.423 e. The van der Waals surface area contributed by atoms with E-state index in [0.29, 0.717) is 5.89 Å². The van der Waals surface area contributed by atoms with Gasteiger partial charge < -0.3 is 14.3 Å². The van der Waals surface area contributed by atoms with Crippen LogP contribution in [0.4, 0.5) is 5.69 Å². The maximum atomic E-state index is 5.16. The molecular formula is C14H15N5O. The molecule has 6 heteroatoms. The van der Waals surface area contributed by atoms with Gasteiger partial charge in [0.1, 0.15) is 5.82 Å². The lowest BCUT2D eigenvalue weighted by molar-refractivity contribution is 0.568. The van der Waals surface area contributed by atoms with Crippen molar-refractivity contribution in [1.29, 1.82) is 0 Å². The van der Waals surface area contributed by atoms with Crippen LogP contribution in [0.5, 0.6) is 0 Å². The first-order valence-electron chi connectivity index (χ1n) is 6.34. The molecule has 2 heterocycles. The highest BCUT2D eigenvalue weighted by Crippen LogP contribution is 2.22. The van der Waals surface area contributed by atoms with Gasteiger partial charge >= 0.3 is 0 Å². The molecule has 20 heavy (non-hydrogen) atoms. The second-order valence-corrected chi connectivity index (χ2v) is 4.58. The molecule has 0 aliphatic rings. The lowest BCUT2D eigenvalue weighted by Gasteiger charge is -2.15. The van der Waals surface area contributed by atoms with Gasteiger partial charge in [0.15, 0.2) is 0 Å². The summed E-state index contributed by atoms with van der Waals surface area (Å²) in [7, 11) is 1.99. The number of nitrogens with zero attached hydrogens (tertiary/aromatic N) is 4. The first-order valence-corrected chi connectivity index (χ1v) is 6.34. The zero-order valence-electron chi connectivity index (χ0n) is 11.3. The Hall–Kier alpha value is -2.63. The van der Waals surface area contributed by atoms with Crippen LogP contribution >= 0.6 is 0 Å². The summed E-state index contributed by atoms with van der Waals surface area (Å²) in [5, 5.41) is 11.0. The van der Waals surface area contributed by atoms with Crippen molar-refractivity contribution < 1.29 is 4.42 Å². The highest BCUT2D eigenvalue weighted by Gasteiger charge is 2.10. The van der Waals surface area contributed by atoms with Gasteiger partial charge in [-0.05, 0) is 31.2 Å². The van der Waals surface area contributed by atoms with Crippen LogP contribution in [-0.4, -0.2) is 19.7 Å². The average Bonchev–Trinajstić information content (AvgIpc) is 3.10. The van der Waals surface area contributed by atoms with Crippen LogP contribution in [0, 0.1) is 0 Å². The molecule has 0 saturated carbocycles. The fourth-order valence-electron chi connectivity index (χ4n) is 2.12. The second kappa shape index (κ2) is 5.16. The fraction of sp³-hybridized carbons (Fsp3) is 0.214. The van der Waals surface area contributed by atoms with Gasteiger partial charge in [0.05, 0.1) is 6.04 Å². The van der Waals surface area contributed by atoms with E-state index in [1.165, 1.54) is 6.39 Å². The molecule has 0 aliphatic heterocycles. The summed E-state index contributed by atoms with van der Waals surface area (Å²) in [5.74, 6) is 1.51. The smallest absolute Gasteiger partial charge is 0.247 e. The molecule has 1 atom stereocenters. The van der Waals surface area contributed by atoms with Crippen molar-refractivity contribution in [3.8, 4) is 11.5 Å². The third-order valence-corrected chi connectivity index (χ3v) is 3.12. The number of aromatic nitrogens is 4. The summed E-state index contributed by atoms with van der Waals surface area (Å²) in [6, 6.07) is 7.99. The molecule has 0 spiro atoms. The van der Waals surface area contributed by atoms with Crippen molar-refractivity contribution in [2.24, 2.45) is 7.05 Å². The van der Waals surface area contributed by atoms with E-state index in [9.17, 15) is 0 Å². The zero-order valence-corrected chi connectivity index (χ0v) is 11.3. The molecule has 6 nitrogen and oxygen atoms in total. The standard InChI is InChI=1S/C14H15N5O/c1-10(13-15-7-8-19(13)2)17-12-5-3-11(4-6-12)14-18-16-9-20-14/h3-10,17H,1-2H3. The molecule has 1 aromatic carbocycles. The molecular weight excluding hydrogens is 254 g/mol. The monoisotopic (exact) mass is 269 g/mol. The summed E-state index contributed by atoms with van der Waals surface area (Å²) >= 11 is 0. The first-order chi connectivity index (χ1) is 9.74. The van der Waals surface area contributed by atoms with E-state index in [-0.39, 0.29) is 6.04 Å². The molecule has 3 rings (SSSR count). The van der Waals surface area contributed by atoms with Crippen LogP contribution in [0.2, 0.25) is 0 Å². The van der Waals surface area contributed by atoms with Crippen LogP contribution in [0.15, 0.2) is 47.5 Å². The highest BCUT2D eigenvalue weighted by atomic mass is 16.4. The maximum absolute atomic E-state index is 5.16. The van der Waals surface area contributed by atoms with Gasteiger partial charge in [-0.15, -0.1) is 10.2 Å². The van der Waals surface area contributed by atoms with Crippen LogP contribution in [0.1, 0.15) is 18.8 Å².